The maximum absolute atomic E-state index is 12.1. The Labute approximate surface area is 129 Å². The van der Waals surface area contributed by atoms with Gasteiger partial charge in [0.05, 0.1) is 12.0 Å². The Morgan fingerprint density at radius 2 is 2.14 bits per heavy atom. The first-order valence-corrected chi connectivity index (χ1v) is 7.76. The van der Waals surface area contributed by atoms with Crippen molar-refractivity contribution in [3.05, 3.63) is 23.3 Å². The highest BCUT2D eigenvalue weighted by molar-refractivity contribution is 5.91. The largest absolute Gasteiger partial charge is 0.461 e. The molecule has 5 heteroatoms. The monoisotopic (exact) mass is 304 g/mol. The molecule has 5 nitrogen and oxygen atoms in total. The molecule has 2 aliphatic carbocycles. The summed E-state index contributed by atoms with van der Waals surface area (Å²) in [5, 5.41) is 0. The fraction of sp³-hybridized carbons (Fsp3) is 0.647. The Morgan fingerprint density at radius 3 is 2.82 bits per heavy atom. The molecule has 2 aliphatic heterocycles. The molecule has 0 aromatic heterocycles. The van der Waals surface area contributed by atoms with Crippen molar-refractivity contribution in [3.8, 4) is 0 Å². The molecular weight excluding hydrogens is 284 g/mol. The lowest BCUT2D eigenvalue weighted by Crippen LogP contribution is -2.39. The Kier molecular flexibility index (Phi) is 2.69. The van der Waals surface area contributed by atoms with Crippen molar-refractivity contribution in [2.75, 3.05) is 0 Å². The number of esters is 2. The molecule has 1 saturated carbocycles. The second kappa shape index (κ2) is 4.22. The predicted octanol–water partition coefficient (Wildman–Crippen LogP) is 1.91. The maximum atomic E-state index is 12.1. The van der Waals surface area contributed by atoms with Crippen LogP contribution in [0.15, 0.2) is 23.3 Å². The topological polar surface area (TPSA) is 65.1 Å². The van der Waals surface area contributed by atoms with Gasteiger partial charge in [-0.05, 0) is 20.3 Å². The summed E-state index contributed by atoms with van der Waals surface area (Å²) in [6, 6.07) is 0. The van der Waals surface area contributed by atoms with Crippen molar-refractivity contribution < 1.29 is 23.8 Å². The van der Waals surface area contributed by atoms with E-state index in [9.17, 15) is 9.59 Å². The van der Waals surface area contributed by atoms with E-state index in [-0.39, 0.29) is 47.7 Å². The molecule has 2 saturated heterocycles. The van der Waals surface area contributed by atoms with Gasteiger partial charge in [0.15, 0.2) is 0 Å². The molecule has 2 heterocycles. The summed E-state index contributed by atoms with van der Waals surface area (Å²) in [5.41, 5.74) is 2.70. The summed E-state index contributed by atoms with van der Waals surface area (Å²) in [4.78, 5) is 23.5. The van der Waals surface area contributed by atoms with Crippen LogP contribution in [-0.2, 0) is 23.8 Å². The van der Waals surface area contributed by atoms with E-state index in [4.69, 9.17) is 14.2 Å². The molecule has 118 valence electrons. The number of rotatable bonds is 1. The highest BCUT2D eigenvalue weighted by Gasteiger charge is 2.70. The third-order valence-corrected chi connectivity index (χ3v) is 5.74. The van der Waals surface area contributed by atoms with Crippen LogP contribution in [0.3, 0.4) is 0 Å². The smallest absolute Gasteiger partial charge is 0.334 e. The highest BCUT2D eigenvalue weighted by Crippen LogP contribution is 2.62. The fourth-order valence-electron chi connectivity index (χ4n) is 4.63. The van der Waals surface area contributed by atoms with E-state index in [0.29, 0.717) is 12.0 Å². The lowest BCUT2D eigenvalue weighted by Gasteiger charge is -2.29. The van der Waals surface area contributed by atoms with Gasteiger partial charge in [0.2, 0.25) is 0 Å². The number of epoxide rings is 1. The average Bonchev–Trinajstić information content (AvgIpc) is 2.88. The molecule has 4 aliphatic rings. The quantitative estimate of drug-likeness (QED) is 0.320. The minimum Gasteiger partial charge on any atom is -0.461 e. The summed E-state index contributed by atoms with van der Waals surface area (Å²) in [7, 11) is 0. The molecular formula is C17H20O5. The van der Waals surface area contributed by atoms with Gasteiger partial charge in [0.25, 0.3) is 0 Å². The van der Waals surface area contributed by atoms with Crippen LogP contribution in [0.5, 0.6) is 0 Å². The molecule has 22 heavy (non-hydrogen) atoms. The van der Waals surface area contributed by atoms with Gasteiger partial charge < -0.3 is 14.2 Å². The van der Waals surface area contributed by atoms with Crippen LogP contribution in [0.2, 0.25) is 0 Å². The second-order valence-electron chi connectivity index (χ2n) is 7.05. The van der Waals surface area contributed by atoms with Crippen molar-refractivity contribution in [2.24, 2.45) is 11.8 Å². The number of hydrogen-bond acceptors (Lipinski definition) is 5. The average molecular weight is 304 g/mol. The molecule has 0 aromatic carbocycles. The molecule has 0 aromatic rings. The van der Waals surface area contributed by atoms with Crippen LogP contribution in [0.4, 0.5) is 0 Å². The number of hydrogen-bond donors (Lipinski definition) is 0. The van der Waals surface area contributed by atoms with Crippen LogP contribution < -0.4 is 0 Å². The second-order valence-corrected chi connectivity index (χ2v) is 7.05. The van der Waals surface area contributed by atoms with Gasteiger partial charge in [-0.25, -0.2) is 4.79 Å². The molecule has 4 rings (SSSR count). The number of carbonyl (C=O) groups excluding carboxylic acids is 2. The molecule has 0 bridgehead atoms. The normalized spacial score (nSPS) is 45.7. The van der Waals surface area contributed by atoms with Gasteiger partial charge in [-0.15, -0.1) is 0 Å². The molecule has 0 amide bonds. The molecule has 3 fully saturated rings. The standard InChI is InChI=1S/C17H20O5/c1-7-5-11(20-9(3)18)13-8(2)16(19)21-15(13)14-10(7)6-12-17(14,4)22-12/h11-15H,2,5-6H2,1,3-4H3/t11-,12+,13?,14?,15-,17+/m0/s1. The van der Waals surface area contributed by atoms with E-state index in [1.54, 1.807) is 0 Å². The summed E-state index contributed by atoms with van der Waals surface area (Å²) in [6.07, 6.45) is 1.01. The van der Waals surface area contributed by atoms with Gasteiger partial charge in [-0.1, -0.05) is 17.7 Å². The van der Waals surface area contributed by atoms with Crippen molar-refractivity contribution >= 4 is 11.9 Å². The zero-order chi connectivity index (χ0) is 15.8. The van der Waals surface area contributed by atoms with Crippen LogP contribution in [0.25, 0.3) is 0 Å². The minimum absolute atomic E-state index is 0.0475. The Bertz CT molecular complexity index is 633. The third-order valence-electron chi connectivity index (χ3n) is 5.74. The van der Waals surface area contributed by atoms with Crippen molar-refractivity contribution in [3.63, 3.8) is 0 Å². The minimum atomic E-state index is -0.389. The number of fused-ring (bicyclic) bond motifs is 5. The Hall–Kier alpha value is -1.62. The Balaban J connectivity index is 1.79. The lowest BCUT2D eigenvalue weighted by molar-refractivity contribution is -0.150. The van der Waals surface area contributed by atoms with E-state index in [1.165, 1.54) is 18.1 Å². The first-order chi connectivity index (χ1) is 10.3. The predicted molar refractivity (Wildman–Crippen MR) is 76.8 cm³/mol. The van der Waals surface area contributed by atoms with Crippen LogP contribution in [0.1, 0.15) is 33.6 Å². The molecule has 0 radical (unpaired) electrons. The van der Waals surface area contributed by atoms with Gasteiger partial charge in [0, 0.05) is 24.8 Å². The van der Waals surface area contributed by atoms with Crippen molar-refractivity contribution in [2.45, 2.75) is 57.5 Å². The molecule has 6 atom stereocenters. The van der Waals surface area contributed by atoms with Crippen LogP contribution in [-0.4, -0.2) is 35.9 Å². The summed E-state index contributed by atoms with van der Waals surface area (Å²) in [6.45, 7) is 9.45. The summed E-state index contributed by atoms with van der Waals surface area (Å²) < 4.78 is 17.0. The Morgan fingerprint density at radius 1 is 1.41 bits per heavy atom. The fourth-order valence-corrected chi connectivity index (χ4v) is 4.63. The lowest BCUT2D eigenvalue weighted by atomic mass is 9.80. The van der Waals surface area contributed by atoms with E-state index in [2.05, 4.69) is 20.4 Å². The molecule has 2 unspecified atom stereocenters. The number of ether oxygens (including phenoxy) is 3. The summed E-state index contributed by atoms with van der Waals surface area (Å²) >= 11 is 0. The van der Waals surface area contributed by atoms with E-state index in [0.717, 1.165) is 6.42 Å². The summed E-state index contributed by atoms with van der Waals surface area (Å²) in [5.74, 6) is -0.953. The zero-order valence-corrected chi connectivity index (χ0v) is 13.0. The first-order valence-electron chi connectivity index (χ1n) is 7.76. The van der Waals surface area contributed by atoms with E-state index < -0.39 is 0 Å². The van der Waals surface area contributed by atoms with Crippen molar-refractivity contribution in [1.29, 1.82) is 0 Å². The molecule has 0 spiro atoms. The van der Waals surface area contributed by atoms with Crippen molar-refractivity contribution in [1.82, 2.24) is 0 Å². The van der Waals surface area contributed by atoms with Gasteiger partial charge in [0.1, 0.15) is 17.8 Å². The highest BCUT2D eigenvalue weighted by atomic mass is 16.6. The van der Waals surface area contributed by atoms with Gasteiger partial charge in [-0.2, -0.15) is 0 Å². The SMILES string of the molecule is C=C1C(=O)O[C@H]2C1[C@@H](OC(C)=O)CC(C)=C1C[C@H]3O[C@@]3(C)C12. The van der Waals surface area contributed by atoms with E-state index >= 15 is 0 Å². The molecule has 0 N–H and O–H groups in total. The third kappa shape index (κ3) is 1.69. The first kappa shape index (κ1) is 14.0. The van der Waals surface area contributed by atoms with E-state index in [1.807, 2.05) is 0 Å². The number of carbonyl (C=O) groups is 2. The maximum Gasteiger partial charge on any atom is 0.334 e. The van der Waals surface area contributed by atoms with Gasteiger partial charge >= 0.3 is 11.9 Å². The van der Waals surface area contributed by atoms with Crippen LogP contribution in [0, 0.1) is 11.8 Å². The zero-order valence-electron chi connectivity index (χ0n) is 13.0. The van der Waals surface area contributed by atoms with Gasteiger partial charge in [-0.3, -0.25) is 4.79 Å². The van der Waals surface area contributed by atoms with Crippen LogP contribution >= 0.6 is 0 Å².